The van der Waals surface area contributed by atoms with Gasteiger partial charge in [0.25, 0.3) is 0 Å². The summed E-state index contributed by atoms with van der Waals surface area (Å²) in [5.74, 6) is -0.772. The number of aliphatic hydroxyl groups excluding tert-OH is 1. The summed E-state index contributed by atoms with van der Waals surface area (Å²) in [5, 5.41) is 9.68. The van der Waals surface area contributed by atoms with Crippen molar-refractivity contribution in [3.63, 3.8) is 0 Å². The molecule has 0 saturated heterocycles. The maximum Gasteiger partial charge on any atom is 0.339 e. The van der Waals surface area contributed by atoms with Crippen molar-refractivity contribution >= 4 is 12.3 Å². The summed E-state index contributed by atoms with van der Waals surface area (Å²) in [4.78, 5) is 22.0. The number of ether oxygens (including phenoxy) is 1. The Hall–Kier alpha value is -1.68. The van der Waals surface area contributed by atoms with Crippen LogP contribution in [0.4, 0.5) is 0 Å². The fourth-order valence-electron chi connectivity index (χ4n) is 1.44. The molecule has 1 rings (SSSR count). The van der Waals surface area contributed by atoms with Crippen LogP contribution in [0, 0.1) is 13.8 Å². The number of esters is 1. The molecule has 86 valence electrons. The van der Waals surface area contributed by atoms with Gasteiger partial charge < -0.3 is 9.84 Å². The van der Waals surface area contributed by atoms with E-state index in [0.29, 0.717) is 11.8 Å². The molecule has 16 heavy (non-hydrogen) atoms. The van der Waals surface area contributed by atoms with E-state index in [4.69, 9.17) is 0 Å². The number of aryl methyl sites for hydroxylation is 2. The van der Waals surface area contributed by atoms with Crippen LogP contribution in [0.25, 0.3) is 0 Å². The van der Waals surface area contributed by atoms with E-state index in [1.54, 1.807) is 12.1 Å². The first-order valence-corrected chi connectivity index (χ1v) is 4.83. The molecule has 1 aromatic carbocycles. The molecule has 1 N–H and O–H groups in total. The second kappa shape index (κ2) is 4.90. The maximum atomic E-state index is 11.2. The number of carbonyl (C=O) groups is 2. The zero-order valence-electron chi connectivity index (χ0n) is 9.48. The molecular weight excluding hydrogens is 208 g/mol. The summed E-state index contributed by atoms with van der Waals surface area (Å²) in [6.45, 7) is 3.70. The fraction of sp³-hybridized carbons (Fsp3) is 0.333. The Labute approximate surface area is 93.9 Å². The summed E-state index contributed by atoms with van der Waals surface area (Å²) < 4.78 is 4.43. The number of hydrogen-bond donors (Lipinski definition) is 1. The third kappa shape index (κ3) is 2.28. The summed E-state index contributed by atoms with van der Waals surface area (Å²) in [6.07, 6.45) is -0.794. The molecule has 0 radical (unpaired) electrons. The predicted octanol–water partition coefficient (Wildman–Crippen LogP) is 1.32. The van der Waals surface area contributed by atoms with Gasteiger partial charge in [0, 0.05) is 11.1 Å². The predicted molar refractivity (Wildman–Crippen MR) is 58.3 cm³/mol. The van der Waals surface area contributed by atoms with Gasteiger partial charge in [0.05, 0.1) is 7.11 Å². The molecule has 0 saturated carbocycles. The summed E-state index contributed by atoms with van der Waals surface area (Å²) in [7, 11) is 1.19. The molecule has 0 fully saturated rings. The number of carbonyl (C=O) groups excluding carboxylic acids is 2. The van der Waals surface area contributed by atoms with E-state index in [9.17, 15) is 14.7 Å². The first kappa shape index (κ1) is 12.4. The smallest absolute Gasteiger partial charge is 0.339 e. The van der Waals surface area contributed by atoms with Crippen molar-refractivity contribution in [2.75, 3.05) is 7.11 Å². The number of aliphatic hydroxyl groups is 1. The third-order valence-electron chi connectivity index (χ3n) is 2.55. The van der Waals surface area contributed by atoms with Gasteiger partial charge in [-0.05, 0) is 31.0 Å². The highest BCUT2D eigenvalue weighted by molar-refractivity contribution is 5.84. The molecule has 0 amide bonds. The van der Waals surface area contributed by atoms with Gasteiger partial charge in [-0.15, -0.1) is 0 Å². The number of methoxy groups -OCH3 is 1. The van der Waals surface area contributed by atoms with Crippen LogP contribution in [-0.4, -0.2) is 24.5 Å². The zero-order chi connectivity index (χ0) is 12.3. The molecule has 0 bridgehead atoms. The molecule has 1 aromatic rings. The lowest BCUT2D eigenvalue weighted by Crippen LogP contribution is -2.15. The van der Waals surface area contributed by atoms with E-state index in [-0.39, 0.29) is 5.56 Å². The van der Waals surface area contributed by atoms with Crippen LogP contribution in [0.3, 0.4) is 0 Å². The van der Waals surface area contributed by atoms with Crippen LogP contribution >= 0.6 is 0 Å². The highest BCUT2D eigenvalue weighted by atomic mass is 16.5. The van der Waals surface area contributed by atoms with Gasteiger partial charge in [-0.1, -0.05) is 6.07 Å². The lowest BCUT2D eigenvalue weighted by Gasteiger charge is -2.13. The van der Waals surface area contributed by atoms with E-state index in [1.807, 2.05) is 13.8 Å². The van der Waals surface area contributed by atoms with Gasteiger partial charge in [0.15, 0.2) is 6.10 Å². The minimum Gasteiger partial charge on any atom is -0.467 e. The Morgan fingerprint density at radius 3 is 2.44 bits per heavy atom. The van der Waals surface area contributed by atoms with Crippen LogP contribution in [0.15, 0.2) is 12.1 Å². The fourth-order valence-corrected chi connectivity index (χ4v) is 1.44. The van der Waals surface area contributed by atoms with E-state index in [2.05, 4.69) is 4.74 Å². The van der Waals surface area contributed by atoms with Gasteiger partial charge >= 0.3 is 5.97 Å². The SMILES string of the molecule is COC(=O)C(O)c1cc(C)c(C)cc1C=O. The molecule has 4 nitrogen and oxygen atoms in total. The number of benzene rings is 1. The average Bonchev–Trinajstić information content (AvgIpc) is 2.30. The topological polar surface area (TPSA) is 63.6 Å². The van der Waals surface area contributed by atoms with Crippen LogP contribution < -0.4 is 0 Å². The lowest BCUT2D eigenvalue weighted by atomic mass is 9.97. The molecule has 0 aliphatic rings. The Morgan fingerprint density at radius 2 is 1.94 bits per heavy atom. The largest absolute Gasteiger partial charge is 0.467 e. The van der Waals surface area contributed by atoms with E-state index < -0.39 is 12.1 Å². The van der Waals surface area contributed by atoms with Crippen molar-refractivity contribution in [1.82, 2.24) is 0 Å². The van der Waals surface area contributed by atoms with Gasteiger partial charge in [-0.25, -0.2) is 4.79 Å². The molecule has 0 spiro atoms. The quantitative estimate of drug-likeness (QED) is 0.619. The number of aldehydes is 1. The van der Waals surface area contributed by atoms with Gasteiger partial charge in [0.1, 0.15) is 6.29 Å². The van der Waals surface area contributed by atoms with Crippen molar-refractivity contribution in [3.8, 4) is 0 Å². The normalized spacial score (nSPS) is 12.0. The minimum absolute atomic E-state index is 0.282. The summed E-state index contributed by atoms with van der Waals surface area (Å²) in [6, 6.07) is 3.27. The number of rotatable bonds is 3. The Bertz CT molecular complexity index is 423. The Kier molecular flexibility index (Phi) is 3.79. The molecular formula is C12H14O4. The van der Waals surface area contributed by atoms with Gasteiger partial charge in [-0.2, -0.15) is 0 Å². The maximum absolute atomic E-state index is 11.2. The molecule has 4 heteroatoms. The Balaban J connectivity index is 3.26. The summed E-state index contributed by atoms with van der Waals surface area (Å²) >= 11 is 0. The molecule has 0 aliphatic carbocycles. The van der Waals surface area contributed by atoms with Crippen molar-refractivity contribution in [2.24, 2.45) is 0 Å². The third-order valence-corrected chi connectivity index (χ3v) is 2.55. The van der Waals surface area contributed by atoms with Gasteiger partial charge in [0.2, 0.25) is 0 Å². The molecule has 0 aromatic heterocycles. The van der Waals surface area contributed by atoms with Crippen molar-refractivity contribution in [1.29, 1.82) is 0 Å². The highest BCUT2D eigenvalue weighted by Crippen LogP contribution is 2.22. The van der Waals surface area contributed by atoms with Crippen molar-refractivity contribution in [2.45, 2.75) is 20.0 Å². The van der Waals surface area contributed by atoms with Crippen LogP contribution in [-0.2, 0) is 9.53 Å². The lowest BCUT2D eigenvalue weighted by molar-refractivity contribution is -0.150. The van der Waals surface area contributed by atoms with Crippen LogP contribution in [0.2, 0.25) is 0 Å². The standard InChI is InChI=1S/C12H14O4/c1-7-4-9(6-13)10(5-8(7)2)11(14)12(15)16-3/h4-6,11,14H,1-3H3. The van der Waals surface area contributed by atoms with Gasteiger partial charge in [-0.3, -0.25) is 4.79 Å². The monoisotopic (exact) mass is 222 g/mol. The second-order valence-electron chi connectivity index (χ2n) is 3.61. The molecule has 0 heterocycles. The average molecular weight is 222 g/mol. The number of hydrogen-bond acceptors (Lipinski definition) is 4. The van der Waals surface area contributed by atoms with Crippen molar-refractivity contribution < 1.29 is 19.4 Å². The van der Waals surface area contributed by atoms with Crippen molar-refractivity contribution in [3.05, 3.63) is 34.4 Å². The zero-order valence-corrected chi connectivity index (χ0v) is 9.48. The first-order chi connectivity index (χ1) is 7.51. The minimum atomic E-state index is -1.41. The Morgan fingerprint density at radius 1 is 1.38 bits per heavy atom. The van der Waals surface area contributed by atoms with E-state index in [0.717, 1.165) is 11.1 Å². The first-order valence-electron chi connectivity index (χ1n) is 4.83. The highest BCUT2D eigenvalue weighted by Gasteiger charge is 2.21. The summed E-state index contributed by atoms with van der Waals surface area (Å²) in [5.41, 5.74) is 2.43. The van der Waals surface area contributed by atoms with Crippen LogP contribution in [0.5, 0.6) is 0 Å². The molecule has 1 unspecified atom stereocenters. The molecule has 1 atom stereocenters. The molecule has 0 aliphatic heterocycles. The van der Waals surface area contributed by atoms with E-state index in [1.165, 1.54) is 7.11 Å². The van der Waals surface area contributed by atoms with E-state index >= 15 is 0 Å². The van der Waals surface area contributed by atoms with Crippen LogP contribution in [0.1, 0.15) is 33.2 Å². The second-order valence-corrected chi connectivity index (χ2v) is 3.61.